The van der Waals surface area contributed by atoms with Gasteiger partial charge in [-0.15, -0.1) is 0 Å². The molecule has 0 saturated carbocycles. The Balaban J connectivity index is 1.60. The Hall–Kier alpha value is -3.86. The van der Waals surface area contributed by atoms with Crippen molar-refractivity contribution in [2.75, 3.05) is 24.3 Å². The number of oxazole rings is 1. The first-order chi connectivity index (χ1) is 14.1. The largest absolute Gasteiger partial charge is 0.436 e. The van der Waals surface area contributed by atoms with E-state index in [9.17, 15) is 4.79 Å². The lowest BCUT2D eigenvalue weighted by Crippen LogP contribution is -2.13. The van der Waals surface area contributed by atoms with E-state index in [1.807, 2.05) is 91.8 Å². The molecule has 5 nitrogen and oxygen atoms in total. The number of hydrogen-bond acceptors (Lipinski definition) is 4. The van der Waals surface area contributed by atoms with Crippen LogP contribution in [0, 0.1) is 0 Å². The van der Waals surface area contributed by atoms with Crippen molar-refractivity contribution in [1.29, 1.82) is 0 Å². The average Bonchev–Trinajstić information content (AvgIpc) is 3.25. The van der Waals surface area contributed by atoms with E-state index >= 15 is 0 Å². The van der Waals surface area contributed by atoms with E-state index in [0.29, 0.717) is 22.8 Å². The van der Waals surface area contributed by atoms with Crippen LogP contribution in [0.25, 0.3) is 22.8 Å². The molecule has 0 unspecified atom stereocenters. The molecule has 0 atom stereocenters. The average molecular weight is 383 g/mol. The standard InChI is InChI=1S/C24H21N3O2/c1-27(2)19-14-12-18(13-15-19)26-23(28)20-10-6-7-11-21(20)24-25-16-22(29-24)17-8-4-3-5-9-17/h3-16H,1-2H3,(H,26,28). The summed E-state index contributed by atoms with van der Waals surface area (Å²) in [6.07, 6.45) is 1.68. The summed E-state index contributed by atoms with van der Waals surface area (Å²) in [6, 6.07) is 24.7. The zero-order valence-corrected chi connectivity index (χ0v) is 16.3. The molecule has 1 N–H and O–H groups in total. The summed E-state index contributed by atoms with van der Waals surface area (Å²) in [5.41, 5.74) is 3.89. The Bertz CT molecular complexity index is 1120. The van der Waals surface area contributed by atoms with E-state index in [1.54, 1.807) is 12.3 Å². The van der Waals surface area contributed by atoms with Gasteiger partial charge in [0.15, 0.2) is 5.76 Å². The molecule has 3 aromatic carbocycles. The van der Waals surface area contributed by atoms with Crippen LogP contribution < -0.4 is 10.2 Å². The molecular formula is C24H21N3O2. The highest BCUT2D eigenvalue weighted by Crippen LogP contribution is 2.28. The van der Waals surface area contributed by atoms with Crippen molar-refractivity contribution >= 4 is 17.3 Å². The first-order valence-electron chi connectivity index (χ1n) is 9.31. The molecule has 4 aromatic rings. The van der Waals surface area contributed by atoms with Gasteiger partial charge in [-0.3, -0.25) is 4.79 Å². The van der Waals surface area contributed by atoms with Gasteiger partial charge in [0, 0.05) is 36.6 Å². The molecule has 0 bridgehead atoms. The summed E-state index contributed by atoms with van der Waals surface area (Å²) in [6.45, 7) is 0. The Morgan fingerprint density at radius 2 is 1.59 bits per heavy atom. The number of amides is 1. The van der Waals surface area contributed by atoms with Crippen LogP contribution in [0.5, 0.6) is 0 Å². The maximum absolute atomic E-state index is 12.9. The minimum absolute atomic E-state index is 0.210. The second-order valence-corrected chi connectivity index (χ2v) is 6.84. The summed E-state index contributed by atoms with van der Waals surface area (Å²) in [7, 11) is 3.95. The molecule has 4 rings (SSSR count). The molecule has 5 heteroatoms. The molecule has 0 saturated heterocycles. The maximum atomic E-state index is 12.9. The van der Waals surface area contributed by atoms with Gasteiger partial charge in [-0.2, -0.15) is 0 Å². The van der Waals surface area contributed by atoms with Crippen LogP contribution in [0.15, 0.2) is 89.5 Å². The van der Waals surface area contributed by atoms with Crippen LogP contribution in [-0.4, -0.2) is 25.0 Å². The molecule has 1 amide bonds. The number of carbonyl (C=O) groups is 1. The van der Waals surface area contributed by atoms with Gasteiger partial charge in [0.1, 0.15) is 0 Å². The molecule has 0 spiro atoms. The molecule has 1 aromatic heterocycles. The van der Waals surface area contributed by atoms with Gasteiger partial charge in [-0.1, -0.05) is 42.5 Å². The third-order valence-corrected chi connectivity index (χ3v) is 4.61. The zero-order valence-electron chi connectivity index (χ0n) is 16.3. The van der Waals surface area contributed by atoms with Crippen LogP contribution in [0.4, 0.5) is 11.4 Å². The lowest BCUT2D eigenvalue weighted by atomic mass is 10.1. The van der Waals surface area contributed by atoms with Gasteiger partial charge in [0.25, 0.3) is 5.91 Å². The van der Waals surface area contributed by atoms with E-state index in [-0.39, 0.29) is 5.91 Å². The van der Waals surface area contributed by atoms with E-state index in [2.05, 4.69) is 10.3 Å². The molecule has 0 aliphatic rings. The quantitative estimate of drug-likeness (QED) is 0.506. The van der Waals surface area contributed by atoms with Crippen molar-refractivity contribution in [1.82, 2.24) is 4.98 Å². The van der Waals surface area contributed by atoms with E-state index in [4.69, 9.17) is 4.42 Å². The third-order valence-electron chi connectivity index (χ3n) is 4.61. The number of carbonyl (C=O) groups excluding carboxylic acids is 1. The SMILES string of the molecule is CN(C)c1ccc(NC(=O)c2ccccc2-c2ncc(-c3ccccc3)o2)cc1. The minimum atomic E-state index is -0.210. The van der Waals surface area contributed by atoms with Crippen LogP contribution in [0.1, 0.15) is 10.4 Å². The van der Waals surface area contributed by atoms with Gasteiger partial charge in [0.2, 0.25) is 5.89 Å². The Labute approximate surface area is 169 Å². The van der Waals surface area contributed by atoms with Crippen molar-refractivity contribution in [2.45, 2.75) is 0 Å². The van der Waals surface area contributed by atoms with Gasteiger partial charge in [-0.25, -0.2) is 4.98 Å². The second-order valence-electron chi connectivity index (χ2n) is 6.84. The monoisotopic (exact) mass is 383 g/mol. The summed E-state index contributed by atoms with van der Waals surface area (Å²) in [5, 5.41) is 2.95. The fourth-order valence-electron chi connectivity index (χ4n) is 3.04. The highest BCUT2D eigenvalue weighted by Gasteiger charge is 2.17. The number of aromatic nitrogens is 1. The van der Waals surface area contributed by atoms with Gasteiger partial charge < -0.3 is 14.6 Å². The molecular weight excluding hydrogens is 362 g/mol. The smallest absolute Gasteiger partial charge is 0.256 e. The van der Waals surface area contributed by atoms with E-state index in [0.717, 1.165) is 16.9 Å². The Kier molecular flexibility index (Phi) is 5.12. The first-order valence-corrected chi connectivity index (χ1v) is 9.31. The van der Waals surface area contributed by atoms with Crippen molar-refractivity contribution in [3.63, 3.8) is 0 Å². The van der Waals surface area contributed by atoms with Crippen molar-refractivity contribution < 1.29 is 9.21 Å². The van der Waals surface area contributed by atoms with Crippen LogP contribution >= 0.6 is 0 Å². The third kappa shape index (κ3) is 4.04. The summed E-state index contributed by atoms with van der Waals surface area (Å²) < 4.78 is 5.94. The van der Waals surface area contributed by atoms with Crippen molar-refractivity contribution in [2.24, 2.45) is 0 Å². The molecule has 1 heterocycles. The highest BCUT2D eigenvalue weighted by molar-refractivity contribution is 6.08. The number of hydrogen-bond donors (Lipinski definition) is 1. The molecule has 144 valence electrons. The molecule has 0 aliphatic carbocycles. The number of benzene rings is 3. The first kappa shape index (κ1) is 18.5. The fourth-order valence-corrected chi connectivity index (χ4v) is 3.04. The number of nitrogens with one attached hydrogen (secondary N) is 1. The fraction of sp³-hybridized carbons (Fsp3) is 0.0833. The lowest BCUT2D eigenvalue weighted by Gasteiger charge is -2.13. The molecule has 0 fully saturated rings. The van der Waals surface area contributed by atoms with E-state index < -0.39 is 0 Å². The molecule has 0 radical (unpaired) electrons. The van der Waals surface area contributed by atoms with Gasteiger partial charge in [-0.05, 0) is 36.4 Å². The van der Waals surface area contributed by atoms with Crippen LogP contribution in [0.3, 0.4) is 0 Å². The number of nitrogens with zero attached hydrogens (tertiary/aromatic N) is 2. The normalized spacial score (nSPS) is 10.6. The lowest BCUT2D eigenvalue weighted by molar-refractivity contribution is 0.102. The summed E-state index contributed by atoms with van der Waals surface area (Å²) in [5.74, 6) is 0.866. The van der Waals surface area contributed by atoms with Crippen LogP contribution in [0.2, 0.25) is 0 Å². The highest BCUT2D eigenvalue weighted by atomic mass is 16.4. The van der Waals surface area contributed by atoms with Crippen LogP contribution in [-0.2, 0) is 0 Å². The second kappa shape index (κ2) is 8.02. The summed E-state index contributed by atoms with van der Waals surface area (Å²) in [4.78, 5) is 19.3. The van der Waals surface area contributed by atoms with Crippen molar-refractivity contribution in [3.8, 4) is 22.8 Å². The zero-order chi connectivity index (χ0) is 20.2. The number of anilines is 2. The Morgan fingerprint density at radius 1 is 0.897 bits per heavy atom. The predicted molar refractivity (Wildman–Crippen MR) is 116 cm³/mol. The Morgan fingerprint density at radius 3 is 2.31 bits per heavy atom. The van der Waals surface area contributed by atoms with Gasteiger partial charge in [0.05, 0.1) is 11.8 Å². The maximum Gasteiger partial charge on any atom is 0.256 e. The predicted octanol–water partition coefficient (Wildman–Crippen LogP) is 5.33. The topological polar surface area (TPSA) is 58.4 Å². The van der Waals surface area contributed by atoms with E-state index in [1.165, 1.54) is 0 Å². The molecule has 29 heavy (non-hydrogen) atoms. The summed E-state index contributed by atoms with van der Waals surface area (Å²) >= 11 is 0. The number of rotatable bonds is 5. The minimum Gasteiger partial charge on any atom is -0.436 e. The molecule has 0 aliphatic heterocycles. The van der Waals surface area contributed by atoms with Crippen molar-refractivity contribution in [3.05, 3.63) is 90.6 Å². The van der Waals surface area contributed by atoms with Gasteiger partial charge >= 0.3 is 0 Å².